The van der Waals surface area contributed by atoms with Gasteiger partial charge in [0.25, 0.3) is 0 Å². The van der Waals surface area contributed by atoms with Crippen molar-refractivity contribution in [1.29, 1.82) is 0 Å². The van der Waals surface area contributed by atoms with Gasteiger partial charge in [0.05, 0.1) is 28.3 Å². The molecule has 0 saturated carbocycles. The maximum atomic E-state index is 5.54. The molecule has 4 heteroatoms. The highest BCUT2D eigenvalue weighted by molar-refractivity contribution is 6.10. The molecule has 2 atom stereocenters. The molecule has 3 heterocycles. The molecule has 4 nitrogen and oxygen atoms in total. The van der Waals surface area contributed by atoms with Crippen molar-refractivity contribution in [3.05, 3.63) is 216 Å². The van der Waals surface area contributed by atoms with E-state index < -0.39 is 0 Å². The minimum absolute atomic E-state index is 0.0312. The second kappa shape index (κ2) is 13.5. The van der Waals surface area contributed by atoms with Crippen LogP contribution in [-0.2, 0) is 0 Å². The Bertz CT molecular complexity index is 3160. The normalized spacial score (nSPS) is 15.4. The third kappa shape index (κ3) is 5.44. The smallest absolute Gasteiger partial charge is 0.231 e. The van der Waals surface area contributed by atoms with Gasteiger partial charge in [0.2, 0.25) is 5.95 Å². The van der Waals surface area contributed by atoms with Crippen LogP contribution in [0.3, 0.4) is 0 Å². The molecule has 10 aromatic rings. The van der Waals surface area contributed by atoms with Crippen LogP contribution in [0.2, 0.25) is 0 Å². The number of nitrogens with zero attached hydrogens (tertiary/aromatic N) is 4. The van der Waals surface area contributed by atoms with E-state index in [1.807, 2.05) is 0 Å². The van der Waals surface area contributed by atoms with E-state index in [9.17, 15) is 0 Å². The summed E-state index contributed by atoms with van der Waals surface area (Å²) in [4.78, 5) is 13.3. The molecule has 1 aliphatic heterocycles. The fourth-order valence-corrected chi connectivity index (χ4v) is 9.11. The van der Waals surface area contributed by atoms with Gasteiger partial charge in [-0.05, 0) is 82.4 Å². The predicted molar refractivity (Wildman–Crippen MR) is 238 cm³/mol. The number of aromatic nitrogens is 3. The van der Waals surface area contributed by atoms with Crippen LogP contribution in [0, 0.1) is 6.92 Å². The van der Waals surface area contributed by atoms with Crippen molar-refractivity contribution in [2.24, 2.45) is 0 Å². The summed E-state index contributed by atoms with van der Waals surface area (Å²) >= 11 is 0. The zero-order valence-corrected chi connectivity index (χ0v) is 31.5. The summed E-state index contributed by atoms with van der Waals surface area (Å²) in [6.07, 6.45) is 4.70. The molecule has 2 unspecified atom stereocenters. The van der Waals surface area contributed by atoms with E-state index in [1.54, 1.807) is 0 Å². The summed E-state index contributed by atoms with van der Waals surface area (Å²) in [5.74, 6) is 0.726. The molecule has 0 spiro atoms. The van der Waals surface area contributed by atoms with Crippen molar-refractivity contribution >= 4 is 61.2 Å². The Hall–Kier alpha value is -7.30. The molecule has 8 aromatic carbocycles. The number of anilines is 2. The molecule has 0 amide bonds. The van der Waals surface area contributed by atoms with Crippen molar-refractivity contribution in [1.82, 2.24) is 14.5 Å². The van der Waals surface area contributed by atoms with Crippen LogP contribution < -0.4 is 4.90 Å². The van der Waals surface area contributed by atoms with Gasteiger partial charge in [0.1, 0.15) is 0 Å². The number of aryl methyl sites for hydroxylation is 1. The van der Waals surface area contributed by atoms with Crippen LogP contribution in [0.4, 0.5) is 11.6 Å². The number of benzene rings is 8. The summed E-state index contributed by atoms with van der Waals surface area (Å²) in [5.41, 5.74) is 12.5. The van der Waals surface area contributed by atoms with Crippen molar-refractivity contribution < 1.29 is 0 Å². The molecular weight excluding hydrogens is 693 g/mol. The van der Waals surface area contributed by atoms with Gasteiger partial charge in [0, 0.05) is 39.0 Å². The Kier molecular flexibility index (Phi) is 7.82. The van der Waals surface area contributed by atoms with Crippen molar-refractivity contribution in [3.63, 3.8) is 0 Å². The number of rotatable bonds is 6. The van der Waals surface area contributed by atoms with Crippen molar-refractivity contribution in [3.8, 4) is 16.9 Å². The van der Waals surface area contributed by atoms with Crippen LogP contribution >= 0.6 is 0 Å². The molecule has 1 aliphatic rings. The summed E-state index contributed by atoms with van der Waals surface area (Å²) in [5, 5.41) is 5.96. The fourth-order valence-electron chi connectivity index (χ4n) is 9.11. The van der Waals surface area contributed by atoms with Crippen LogP contribution in [0.15, 0.2) is 194 Å². The molecular formula is C53H38N4. The lowest BCUT2D eigenvalue weighted by Crippen LogP contribution is -2.24. The first-order valence-corrected chi connectivity index (χ1v) is 19.7. The topological polar surface area (TPSA) is 34.0 Å². The Morgan fingerprint density at radius 1 is 0.526 bits per heavy atom. The van der Waals surface area contributed by atoms with Crippen LogP contribution in [0.1, 0.15) is 34.2 Å². The quantitative estimate of drug-likeness (QED) is 0.171. The summed E-state index contributed by atoms with van der Waals surface area (Å²) < 4.78 is 2.37. The first-order chi connectivity index (χ1) is 28.2. The lowest BCUT2D eigenvalue weighted by Gasteiger charge is -2.29. The Balaban J connectivity index is 1.07. The number of hydrogen-bond acceptors (Lipinski definition) is 3. The zero-order valence-electron chi connectivity index (χ0n) is 31.5. The molecule has 0 N–H and O–H groups in total. The lowest BCUT2D eigenvalue weighted by molar-refractivity contribution is 0.665. The van der Waals surface area contributed by atoms with Gasteiger partial charge in [-0.2, -0.15) is 0 Å². The predicted octanol–water partition coefficient (Wildman–Crippen LogP) is 13.5. The Morgan fingerprint density at radius 3 is 2.04 bits per heavy atom. The highest BCUT2D eigenvalue weighted by Gasteiger charge is 2.40. The second-order valence-corrected chi connectivity index (χ2v) is 15.0. The molecule has 270 valence electrons. The largest absolute Gasteiger partial charge is 0.309 e. The van der Waals surface area contributed by atoms with Crippen LogP contribution in [0.25, 0.3) is 66.5 Å². The van der Waals surface area contributed by atoms with Gasteiger partial charge in [-0.1, -0.05) is 158 Å². The minimum Gasteiger partial charge on any atom is -0.309 e. The minimum atomic E-state index is -0.0765. The molecule has 0 fully saturated rings. The average Bonchev–Trinajstić information content (AvgIpc) is 3.79. The van der Waals surface area contributed by atoms with Gasteiger partial charge in [-0.3, -0.25) is 0 Å². The summed E-state index contributed by atoms with van der Waals surface area (Å²) in [7, 11) is 0. The standard InChI is InChI=1S/C53H38N4/c1-35-28-31-43(40-21-9-8-20-39(35)40)51-45-24-10-13-25-47(45)54-53(55-51)57-49-27-15-11-22-41(49)44(52(57)37-16-4-2-5-17-37)32-29-36-30-33-50-46(34-36)42-23-12-14-26-48(42)56(50)38-18-6-3-7-19-38/h2-34,44,52H,1H3/b32-29+. The fraction of sp³-hybridized carbons (Fsp3) is 0.0566. The number of para-hydroxylation sites is 4. The molecule has 0 saturated heterocycles. The molecule has 0 aliphatic carbocycles. The molecule has 0 radical (unpaired) electrons. The van der Waals surface area contributed by atoms with E-state index >= 15 is 0 Å². The lowest BCUT2D eigenvalue weighted by atomic mass is 9.89. The van der Waals surface area contributed by atoms with E-state index in [-0.39, 0.29) is 12.0 Å². The van der Waals surface area contributed by atoms with E-state index in [4.69, 9.17) is 9.97 Å². The first kappa shape index (κ1) is 33.1. The second-order valence-electron chi connectivity index (χ2n) is 15.0. The van der Waals surface area contributed by atoms with E-state index in [0.717, 1.165) is 39.1 Å². The maximum Gasteiger partial charge on any atom is 0.231 e. The number of hydrogen-bond donors (Lipinski definition) is 0. The Labute approximate surface area is 331 Å². The maximum absolute atomic E-state index is 5.54. The summed E-state index contributed by atoms with van der Waals surface area (Å²) in [6.45, 7) is 2.18. The molecule has 0 bridgehead atoms. The molecule has 57 heavy (non-hydrogen) atoms. The highest BCUT2D eigenvalue weighted by Crippen LogP contribution is 2.53. The molecule has 11 rings (SSSR count). The third-order valence-electron chi connectivity index (χ3n) is 11.7. The van der Waals surface area contributed by atoms with Gasteiger partial charge < -0.3 is 9.47 Å². The van der Waals surface area contributed by atoms with Gasteiger partial charge in [0.15, 0.2) is 0 Å². The van der Waals surface area contributed by atoms with Gasteiger partial charge >= 0.3 is 0 Å². The van der Waals surface area contributed by atoms with Crippen LogP contribution in [0.5, 0.6) is 0 Å². The SMILES string of the molecule is Cc1ccc(-c2nc(N3c4ccccc4C(/C=C/c4ccc5c(c4)c4ccccc4n5-c4ccccc4)C3c3ccccc3)nc3ccccc23)c2ccccc12. The highest BCUT2D eigenvalue weighted by atomic mass is 15.3. The van der Waals surface area contributed by atoms with Crippen molar-refractivity contribution in [2.45, 2.75) is 18.9 Å². The van der Waals surface area contributed by atoms with Gasteiger partial charge in [-0.25, -0.2) is 9.97 Å². The summed E-state index contributed by atoms with van der Waals surface area (Å²) in [6, 6.07) is 67.3. The monoisotopic (exact) mass is 730 g/mol. The van der Waals surface area contributed by atoms with E-state index in [2.05, 4.69) is 217 Å². The first-order valence-electron chi connectivity index (χ1n) is 19.7. The Morgan fingerprint density at radius 2 is 1.19 bits per heavy atom. The van der Waals surface area contributed by atoms with E-state index in [0.29, 0.717) is 5.95 Å². The third-order valence-corrected chi connectivity index (χ3v) is 11.7. The van der Waals surface area contributed by atoms with Crippen molar-refractivity contribution in [2.75, 3.05) is 4.90 Å². The van der Waals surface area contributed by atoms with E-state index in [1.165, 1.54) is 49.3 Å². The average molecular weight is 731 g/mol. The van der Waals surface area contributed by atoms with Gasteiger partial charge in [-0.15, -0.1) is 0 Å². The zero-order chi connectivity index (χ0) is 37.9. The number of fused-ring (bicyclic) bond motifs is 6. The molecule has 2 aromatic heterocycles. The van der Waals surface area contributed by atoms with Crippen LogP contribution in [-0.4, -0.2) is 14.5 Å².